The van der Waals surface area contributed by atoms with E-state index in [1.807, 2.05) is 11.9 Å². The zero-order valence-corrected chi connectivity index (χ0v) is 10.1. The highest BCUT2D eigenvalue weighted by Gasteiger charge is 2.37. The van der Waals surface area contributed by atoms with Crippen LogP contribution in [-0.4, -0.2) is 35.5 Å². The molecule has 1 unspecified atom stereocenters. The van der Waals surface area contributed by atoms with Crippen molar-refractivity contribution in [2.75, 3.05) is 25.0 Å². The van der Waals surface area contributed by atoms with Crippen molar-refractivity contribution < 1.29 is 13.2 Å². The van der Waals surface area contributed by atoms with Gasteiger partial charge < -0.3 is 10.2 Å². The number of alkyl halides is 3. The van der Waals surface area contributed by atoms with Gasteiger partial charge in [-0.2, -0.15) is 22.5 Å². The van der Waals surface area contributed by atoms with Gasteiger partial charge in [0.25, 0.3) is 0 Å². The van der Waals surface area contributed by atoms with Gasteiger partial charge in [-0.15, -0.1) is 0 Å². The van der Waals surface area contributed by atoms with Crippen LogP contribution in [0.25, 0.3) is 0 Å². The lowest BCUT2D eigenvalue weighted by Gasteiger charge is -2.31. The van der Waals surface area contributed by atoms with Crippen molar-refractivity contribution in [2.24, 2.45) is 0 Å². The molecular formula is C9H13F3N4S. The molecule has 2 rings (SSSR count). The van der Waals surface area contributed by atoms with Gasteiger partial charge in [-0.1, -0.05) is 0 Å². The average molecular weight is 266 g/mol. The van der Waals surface area contributed by atoms with Crippen LogP contribution in [0.3, 0.4) is 0 Å². The van der Waals surface area contributed by atoms with Crippen LogP contribution >= 0.6 is 11.5 Å². The molecule has 1 aromatic heterocycles. The fourth-order valence-corrected chi connectivity index (χ4v) is 2.57. The van der Waals surface area contributed by atoms with Crippen molar-refractivity contribution in [3.63, 3.8) is 0 Å². The standard InChI is InChI=1S/C9H13F3N4S/c1-13-6-3-2-4-16(5-6)8-14-7(15-17-8)9(10,11)12/h6,13H,2-5H2,1H3. The third-order valence-electron chi connectivity index (χ3n) is 2.77. The molecule has 0 amide bonds. The molecule has 1 saturated heterocycles. The summed E-state index contributed by atoms with van der Waals surface area (Å²) in [5, 5.41) is 3.49. The zero-order valence-electron chi connectivity index (χ0n) is 9.29. The lowest BCUT2D eigenvalue weighted by molar-refractivity contribution is -0.144. The number of piperidine rings is 1. The highest BCUT2D eigenvalue weighted by molar-refractivity contribution is 7.09. The minimum absolute atomic E-state index is 0.307. The second kappa shape index (κ2) is 4.77. The maximum Gasteiger partial charge on any atom is 0.452 e. The number of anilines is 1. The van der Waals surface area contributed by atoms with Crippen molar-refractivity contribution in [1.29, 1.82) is 0 Å². The third kappa shape index (κ3) is 2.86. The molecule has 0 aliphatic carbocycles. The summed E-state index contributed by atoms with van der Waals surface area (Å²) in [5.41, 5.74) is 0. The summed E-state index contributed by atoms with van der Waals surface area (Å²) in [6.45, 7) is 1.42. The molecule has 17 heavy (non-hydrogen) atoms. The van der Waals surface area contributed by atoms with E-state index in [-0.39, 0.29) is 0 Å². The first kappa shape index (κ1) is 12.6. The zero-order chi connectivity index (χ0) is 12.5. The Morgan fingerprint density at radius 1 is 1.47 bits per heavy atom. The molecule has 96 valence electrons. The van der Waals surface area contributed by atoms with Gasteiger partial charge in [0.05, 0.1) is 0 Å². The summed E-state index contributed by atoms with van der Waals surface area (Å²) in [5.74, 6) is -1.04. The van der Waals surface area contributed by atoms with Gasteiger partial charge in [-0.25, -0.2) is 0 Å². The molecule has 0 bridgehead atoms. The fraction of sp³-hybridized carbons (Fsp3) is 0.778. The molecule has 1 atom stereocenters. The van der Waals surface area contributed by atoms with E-state index in [0.29, 0.717) is 17.7 Å². The Morgan fingerprint density at radius 2 is 2.24 bits per heavy atom. The number of halogens is 3. The fourth-order valence-electron chi connectivity index (χ4n) is 1.85. The minimum atomic E-state index is -4.45. The number of likely N-dealkylation sites (N-methyl/N-ethyl adjacent to an activating group) is 1. The first-order chi connectivity index (χ1) is 8.00. The smallest absolute Gasteiger partial charge is 0.345 e. The monoisotopic (exact) mass is 266 g/mol. The second-order valence-corrected chi connectivity index (χ2v) is 4.70. The maximum absolute atomic E-state index is 12.4. The third-order valence-corrected chi connectivity index (χ3v) is 3.55. The largest absolute Gasteiger partial charge is 0.452 e. The molecule has 0 spiro atoms. The van der Waals surface area contributed by atoms with Crippen LogP contribution in [0.5, 0.6) is 0 Å². The number of nitrogens with zero attached hydrogens (tertiary/aromatic N) is 3. The van der Waals surface area contributed by atoms with E-state index < -0.39 is 12.0 Å². The summed E-state index contributed by atoms with van der Waals surface area (Å²) >= 11 is 0.813. The van der Waals surface area contributed by atoms with Crippen LogP contribution in [0.4, 0.5) is 18.3 Å². The van der Waals surface area contributed by atoms with Crippen LogP contribution < -0.4 is 10.2 Å². The lowest BCUT2D eigenvalue weighted by atomic mass is 10.1. The molecule has 1 aliphatic heterocycles. The van der Waals surface area contributed by atoms with Gasteiger partial charge in [0.15, 0.2) is 0 Å². The summed E-state index contributed by atoms with van der Waals surface area (Å²) in [6, 6.07) is 0.307. The molecular weight excluding hydrogens is 253 g/mol. The summed E-state index contributed by atoms with van der Waals surface area (Å²) < 4.78 is 40.4. The maximum atomic E-state index is 12.4. The first-order valence-electron chi connectivity index (χ1n) is 5.34. The molecule has 1 fully saturated rings. The van der Waals surface area contributed by atoms with Crippen LogP contribution in [0.1, 0.15) is 18.7 Å². The molecule has 0 radical (unpaired) electrons. The second-order valence-electron chi connectivity index (χ2n) is 3.97. The van der Waals surface area contributed by atoms with E-state index in [1.165, 1.54) is 0 Å². The quantitative estimate of drug-likeness (QED) is 0.885. The molecule has 1 N–H and O–H groups in total. The Labute approximate surface area is 101 Å². The van der Waals surface area contributed by atoms with Gasteiger partial charge in [0.2, 0.25) is 11.0 Å². The van der Waals surface area contributed by atoms with E-state index in [1.54, 1.807) is 0 Å². The molecule has 0 aromatic carbocycles. The molecule has 4 nitrogen and oxygen atoms in total. The SMILES string of the molecule is CNC1CCCN(c2nc(C(F)(F)F)ns2)C1. The average Bonchev–Trinajstić information content (AvgIpc) is 2.78. The van der Waals surface area contributed by atoms with E-state index >= 15 is 0 Å². The van der Waals surface area contributed by atoms with Crippen molar-refractivity contribution in [1.82, 2.24) is 14.7 Å². The number of rotatable bonds is 2. The van der Waals surface area contributed by atoms with Crippen molar-refractivity contribution >= 4 is 16.7 Å². The minimum Gasteiger partial charge on any atom is -0.345 e. The molecule has 1 aromatic rings. The van der Waals surface area contributed by atoms with Gasteiger partial charge in [-0.05, 0) is 19.9 Å². The van der Waals surface area contributed by atoms with E-state index in [0.717, 1.165) is 30.9 Å². The van der Waals surface area contributed by atoms with Gasteiger partial charge >= 0.3 is 6.18 Å². The lowest BCUT2D eigenvalue weighted by Crippen LogP contribution is -2.44. The summed E-state index contributed by atoms with van der Waals surface area (Å²) in [4.78, 5) is 5.41. The van der Waals surface area contributed by atoms with Crippen molar-refractivity contribution in [2.45, 2.75) is 25.1 Å². The Morgan fingerprint density at radius 3 is 2.82 bits per heavy atom. The van der Waals surface area contributed by atoms with Crippen LogP contribution in [0, 0.1) is 0 Å². The van der Waals surface area contributed by atoms with Gasteiger partial charge in [-0.3, -0.25) is 0 Å². The summed E-state index contributed by atoms with van der Waals surface area (Å²) in [6.07, 6.45) is -2.46. The highest BCUT2D eigenvalue weighted by atomic mass is 32.1. The van der Waals surface area contributed by atoms with Gasteiger partial charge in [0.1, 0.15) is 0 Å². The van der Waals surface area contributed by atoms with Crippen LogP contribution in [-0.2, 0) is 6.18 Å². The van der Waals surface area contributed by atoms with E-state index in [9.17, 15) is 13.2 Å². The number of hydrogen-bond acceptors (Lipinski definition) is 5. The predicted molar refractivity (Wildman–Crippen MR) is 59.2 cm³/mol. The van der Waals surface area contributed by atoms with Crippen LogP contribution in [0.2, 0.25) is 0 Å². The molecule has 0 saturated carbocycles. The Hall–Kier alpha value is -0.890. The van der Waals surface area contributed by atoms with Crippen molar-refractivity contribution in [3.05, 3.63) is 5.82 Å². The van der Waals surface area contributed by atoms with E-state index in [2.05, 4.69) is 14.7 Å². The van der Waals surface area contributed by atoms with Crippen LogP contribution in [0.15, 0.2) is 0 Å². The Balaban J connectivity index is 2.09. The molecule has 8 heteroatoms. The van der Waals surface area contributed by atoms with Gasteiger partial charge in [0, 0.05) is 30.7 Å². The predicted octanol–water partition coefficient (Wildman–Crippen LogP) is 1.75. The number of aromatic nitrogens is 2. The molecule has 1 aliphatic rings. The topological polar surface area (TPSA) is 41.0 Å². The first-order valence-corrected chi connectivity index (χ1v) is 6.11. The Bertz CT molecular complexity index is 379. The number of nitrogens with one attached hydrogen (secondary N) is 1. The Kier molecular flexibility index (Phi) is 3.53. The van der Waals surface area contributed by atoms with E-state index in [4.69, 9.17) is 0 Å². The van der Waals surface area contributed by atoms with Crippen molar-refractivity contribution in [3.8, 4) is 0 Å². The highest BCUT2D eigenvalue weighted by Crippen LogP contribution is 2.31. The molecule has 2 heterocycles. The number of hydrogen-bond donors (Lipinski definition) is 1. The summed E-state index contributed by atoms with van der Waals surface area (Å²) in [7, 11) is 1.86. The normalized spacial score (nSPS) is 21.9.